The molecular weight excluding hydrogens is 281 g/mol. The summed E-state index contributed by atoms with van der Waals surface area (Å²) in [6.45, 7) is 0.674. The van der Waals surface area contributed by atoms with Crippen LogP contribution in [-0.2, 0) is 0 Å². The largest absolute Gasteiger partial charge is 0.452 e. The first-order valence-electron chi connectivity index (χ1n) is 4.83. The number of carbonyl (C=O) groups is 1. The number of halogens is 2. The summed E-state index contributed by atoms with van der Waals surface area (Å²) in [6, 6.07) is 1.57. The maximum atomic E-state index is 11.5. The van der Waals surface area contributed by atoms with E-state index >= 15 is 0 Å². The summed E-state index contributed by atoms with van der Waals surface area (Å²) < 4.78 is 4.83. The minimum absolute atomic E-state index is 0.146. The molecule has 0 atom stereocenters. The fourth-order valence-electron chi connectivity index (χ4n) is 1.15. The molecule has 0 bridgehead atoms. The van der Waals surface area contributed by atoms with Gasteiger partial charge in [-0.3, -0.25) is 4.79 Å². The molecule has 1 aromatic heterocycles. The smallest absolute Gasteiger partial charge is 0.256 e. The first-order chi connectivity index (χ1) is 7.25. The monoisotopic (exact) mass is 293 g/mol. The molecule has 1 N–H and O–H groups in total. The predicted molar refractivity (Wildman–Crippen MR) is 63.7 cm³/mol. The van der Waals surface area contributed by atoms with Crippen molar-refractivity contribution in [1.29, 1.82) is 0 Å². The lowest BCUT2D eigenvalue weighted by atomic mass is 10.2. The molecule has 0 aromatic carbocycles. The standard InChI is InChI=1S/C10H13BrClNO2/c11-5-2-1-3-6-13-10(14)8-4-7-15-9(8)12/h4,7H,1-3,5-6H2,(H,13,14). The van der Waals surface area contributed by atoms with Crippen LogP contribution in [0.5, 0.6) is 0 Å². The quantitative estimate of drug-likeness (QED) is 0.646. The summed E-state index contributed by atoms with van der Waals surface area (Å²) in [6.07, 6.45) is 4.61. The van der Waals surface area contributed by atoms with Gasteiger partial charge in [0.2, 0.25) is 5.22 Å². The summed E-state index contributed by atoms with van der Waals surface area (Å²) >= 11 is 9.02. The molecule has 0 saturated carbocycles. The Balaban J connectivity index is 2.22. The highest BCUT2D eigenvalue weighted by Gasteiger charge is 2.11. The lowest BCUT2D eigenvalue weighted by Gasteiger charge is -2.02. The number of furan rings is 1. The second-order valence-electron chi connectivity index (χ2n) is 3.11. The number of carbonyl (C=O) groups excluding carboxylic acids is 1. The molecule has 15 heavy (non-hydrogen) atoms. The molecule has 0 aliphatic rings. The van der Waals surface area contributed by atoms with Gasteiger partial charge < -0.3 is 9.73 Å². The van der Waals surface area contributed by atoms with Gasteiger partial charge >= 0.3 is 0 Å². The third-order valence-electron chi connectivity index (χ3n) is 1.96. The van der Waals surface area contributed by atoms with Crippen LogP contribution in [0.4, 0.5) is 0 Å². The van der Waals surface area contributed by atoms with Gasteiger partial charge in [0, 0.05) is 11.9 Å². The summed E-state index contributed by atoms with van der Waals surface area (Å²) in [5.74, 6) is -0.174. The molecule has 1 heterocycles. The molecule has 84 valence electrons. The van der Waals surface area contributed by atoms with Crippen LogP contribution in [-0.4, -0.2) is 17.8 Å². The van der Waals surface area contributed by atoms with Crippen LogP contribution in [0.25, 0.3) is 0 Å². The zero-order valence-corrected chi connectivity index (χ0v) is 10.6. The molecule has 1 rings (SSSR count). The van der Waals surface area contributed by atoms with Crippen molar-refractivity contribution in [3.8, 4) is 0 Å². The van der Waals surface area contributed by atoms with E-state index in [1.165, 1.54) is 6.26 Å². The minimum atomic E-state index is -0.174. The average Bonchev–Trinajstić information content (AvgIpc) is 2.64. The number of hydrogen-bond donors (Lipinski definition) is 1. The fraction of sp³-hybridized carbons (Fsp3) is 0.500. The van der Waals surface area contributed by atoms with Crippen LogP contribution in [0, 0.1) is 0 Å². The maximum Gasteiger partial charge on any atom is 0.256 e. The van der Waals surface area contributed by atoms with Crippen molar-refractivity contribution in [2.24, 2.45) is 0 Å². The van der Waals surface area contributed by atoms with Gasteiger partial charge in [0.25, 0.3) is 5.91 Å². The molecule has 1 amide bonds. The van der Waals surface area contributed by atoms with Crippen molar-refractivity contribution in [2.45, 2.75) is 19.3 Å². The molecule has 0 spiro atoms. The zero-order valence-electron chi connectivity index (χ0n) is 8.26. The normalized spacial score (nSPS) is 10.3. The Labute approximate surface area is 102 Å². The first-order valence-corrected chi connectivity index (χ1v) is 6.33. The second kappa shape index (κ2) is 6.90. The Kier molecular flexibility index (Phi) is 5.79. The molecule has 0 radical (unpaired) electrons. The molecule has 0 aliphatic carbocycles. The average molecular weight is 295 g/mol. The number of amides is 1. The van der Waals surface area contributed by atoms with E-state index in [9.17, 15) is 4.79 Å². The van der Waals surface area contributed by atoms with Gasteiger partial charge in [0.1, 0.15) is 0 Å². The molecule has 1 aromatic rings. The van der Waals surface area contributed by atoms with Crippen LogP contribution in [0.3, 0.4) is 0 Å². The summed E-state index contributed by atoms with van der Waals surface area (Å²) in [4.78, 5) is 11.5. The van der Waals surface area contributed by atoms with Gasteiger partial charge in [-0.05, 0) is 30.5 Å². The van der Waals surface area contributed by atoms with E-state index < -0.39 is 0 Å². The molecule has 0 fully saturated rings. The van der Waals surface area contributed by atoms with Crippen LogP contribution in [0.1, 0.15) is 29.6 Å². The fourth-order valence-corrected chi connectivity index (χ4v) is 1.75. The molecule has 5 heteroatoms. The van der Waals surface area contributed by atoms with E-state index in [1.54, 1.807) is 6.07 Å². The zero-order chi connectivity index (χ0) is 11.1. The van der Waals surface area contributed by atoms with E-state index in [-0.39, 0.29) is 11.1 Å². The lowest BCUT2D eigenvalue weighted by molar-refractivity contribution is 0.0952. The third kappa shape index (κ3) is 4.26. The maximum absolute atomic E-state index is 11.5. The Morgan fingerprint density at radius 3 is 2.87 bits per heavy atom. The van der Waals surface area contributed by atoms with E-state index in [2.05, 4.69) is 21.2 Å². The Morgan fingerprint density at radius 2 is 2.27 bits per heavy atom. The van der Waals surface area contributed by atoms with Crippen LogP contribution >= 0.6 is 27.5 Å². The number of alkyl halides is 1. The number of rotatable bonds is 6. The van der Waals surface area contributed by atoms with Gasteiger partial charge in [-0.25, -0.2) is 0 Å². The minimum Gasteiger partial charge on any atom is -0.452 e. The highest BCUT2D eigenvalue weighted by atomic mass is 79.9. The summed E-state index contributed by atoms with van der Waals surface area (Å²) in [5.41, 5.74) is 0.400. The SMILES string of the molecule is O=C(NCCCCCBr)c1ccoc1Cl. The van der Waals surface area contributed by atoms with E-state index in [4.69, 9.17) is 16.0 Å². The topological polar surface area (TPSA) is 42.2 Å². The number of unbranched alkanes of at least 4 members (excludes halogenated alkanes) is 2. The van der Waals surface area contributed by atoms with Crippen molar-refractivity contribution in [3.05, 3.63) is 23.1 Å². The molecular formula is C10H13BrClNO2. The summed E-state index contributed by atoms with van der Waals surface area (Å²) in [7, 11) is 0. The first kappa shape index (κ1) is 12.6. The van der Waals surface area contributed by atoms with Crippen molar-refractivity contribution in [1.82, 2.24) is 5.32 Å². The highest BCUT2D eigenvalue weighted by molar-refractivity contribution is 9.09. The van der Waals surface area contributed by atoms with E-state index in [0.29, 0.717) is 12.1 Å². The Hall–Kier alpha value is -0.480. The van der Waals surface area contributed by atoms with Crippen LogP contribution in [0.2, 0.25) is 5.22 Å². The van der Waals surface area contributed by atoms with E-state index in [0.717, 1.165) is 24.6 Å². The van der Waals surface area contributed by atoms with Crippen LogP contribution in [0.15, 0.2) is 16.7 Å². The molecule has 0 aliphatic heterocycles. The van der Waals surface area contributed by atoms with E-state index in [1.807, 2.05) is 0 Å². The van der Waals surface area contributed by atoms with Crippen molar-refractivity contribution < 1.29 is 9.21 Å². The Bertz CT molecular complexity index is 314. The number of nitrogens with one attached hydrogen (secondary N) is 1. The Morgan fingerprint density at radius 1 is 1.47 bits per heavy atom. The number of hydrogen-bond acceptors (Lipinski definition) is 2. The van der Waals surface area contributed by atoms with Gasteiger partial charge in [-0.2, -0.15) is 0 Å². The van der Waals surface area contributed by atoms with Gasteiger partial charge in [0.15, 0.2) is 0 Å². The molecule has 3 nitrogen and oxygen atoms in total. The van der Waals surface area contributed by atoms with Gasteiger partial charge in [-0.15, -0.1) is 0 Å². The predicted octanol–water partition coefficient (Wildman–Crippen LogP) is 3.23. The van der Waals surface area contributed by atoms with Crippen LogP contribution < -0.4 is 5.32 Å². The van der Waals surface area contributed by atoms with Gasteiger partial charge in [0.05, 0.1) is 11.8 Å². The third-order valence-corrected chi connectivity index (χ3v) is 2.81. The highest BCUT2D eigenvalue weighted by Crippen LogP contribution is 2.16. The van der Waals surface area contributed by atoms with Crippen molar-refractivity contribution >= 4 is 33.4 Å². The summed E-state index contributed by atoms with van der Waals surface area (Å²) in [5, 5.41) is 3.94. The lowest BCUT2D eigenvalue weighted by Crippen LogP contribution is -2.24. The van der Waals surface area contributed by atoms with Crippen molar-refractivity contribution in [2.75, 3.05) is 11.9 Å². The molecule has 0 unspecified atom stereocenters. The second-order valence-corrected chi connectivity index (χ2v) is 4.25. The molecule has 0 saturated heterocycles. The van der Waals surface area contributed by atoms with Gasteiger partial charge in [-0.1, -0.05) is 22.4 Å². The van der Waals surface area contributed by atoms with Crippen molar-refractivity contribution in [3.63, 3.8) is 0 Å².